The molecule has 3 heteroatoms. The summed E-state index contributed by atoms with van der Waals surface area (Å²) in [6.07, 6.45) is 2.59. The third kappa shape index (κ3) is 1.53. The number of carboxylic acid groups (broad SMARTS) is 1. The third-order valence-corrected chi connectivity index (χ3v) is 3.24. The fourth-order valence-corrected chi connectivity index (χ4v) is 2.05. The summed E-state index contributed by atoms with van der Waals surface area (Å²) in [7, 11) is 0. The van der Waals surface area contributed by atoms with Crippen LogP contribution in [0.4, 0.5) is 0 Å². The minimum Gasteiger partial charge on any atom is -0.479 e. The van der Waals surface area contributed by atoms with Gasteiger partial charge in [-0.1, -0.05) is 36.8 Å². The zero-order valence-electron chi connectivity index (χ0n) is 8.39. The summed E-state index contributed by atoms with van der Waals surface area (Å²) >= 11 is 0. The van der Waals surface area contributed by atoms with Gasteiger partial charge in [-0.2, -0.15) is 0 Å². The lowest BCUT2D eigenvalue weighted by atomic mass is 9.70. The second-order valence-electron chi connectivity index (χ2n) is 4.07. The van der Waals surface area contributed by atoms with Crippen molar-refractivity contribution < 1.29 is 15.0 Å². The van der Waals surface area contributed by atoms with Gasteiger partial charge in [0.2, 0.25) is 0 Å². The van der Waals surface area contributed by atoms with Gasteiger partial charge < -0.3 is 10.2 Å². The minimum atomic E-state index is -1.69. The Balaban J connectivity index is 2.38. The summed E-state index contributed by atoms with van der Waals surface area (Å²) in [6.45, 7) is 0. The van der Waals surface area contributed by atoms with Gasteiger partial charge in [-0.15, -0.1) is 0 Å². The molecular weight excluding hydrogens is 192 g/mol. The second-order valence-corrected chi connectivity index (χ2v) is 4.07. The highest BCUT2D eigenvalue weighted by Crippen LogP contribution is 2.42. The summed E-state index contributed by atoms with van der Waals surface area (Å²) in [6, 6.07) is 8.66. The number of rotatable bonds is 3. The third-order valence-electron chi connectivity index (χ3n) is 3.24. The van der Waals surface area contributed by atoms with Crippen molar-refractivity contribution in [2.24, 2.45) is 5.92 Å². The molecule has 0 heterocycles. The van der Waals surface area contributed by atoms with E-state index >= 15 is 0 Å². The first-order chi connectivity index (χ1) is 7.15. The molecule has 1 aliphatic rings. The number of benzene rings is 1. The highest BCUT2D eigenvalue weighted by molar-refractivity contribution is 5.79. The number of hydrogen-bond acceptors (Lipinski definition) is 2. The van der Waals surface area contributed by atoms with Crippen LogP contribution >= 0.6 is 0 Å². The van der Waals surface area contributed by atoms with Gasteiger partial charge >= 0.3 is 5.97 Å². The standard InChI is InChI=1S/C12H14O3/c13-11(14)12(15,10-7-4-8-10)9-5-2-1-3-6-9/h1-3,5-6,10,15H,4,7-8H2,(H,13,14)/t12-/m1/s1. The van der Waals surface area contributed by atoms with Crippen molar-refractivity contribution in [2.45, 2.75) is 24.9 Å². The first-order valence-electron chi connectivity index (χ1n) is 5.17. The lowest BCUT2D eigenvalue weighted by molar-refractivity contribution is -0.171. The second kappa shape index (κ2) is 3.66. The van der Waals surface area contributed by atoms with Crippen LogP contribution in [0.3, 0.4) is 0 Å². The van der Waals surface area contributed by atoms with E-state index in [1.807, 2.05) is 6.07 Å². The summed E-state index contributed by atoms with van der Waals surface area (Å²) in [4.78, 5) is 11.2. The van der Waals surface area contributed by atoms with E-state index in [0.717, 1.165) is 19.3 Å². The van der Waals surface area contributed by atoms with Crippen molar-refractivity contribution in [3.8, 4) is 0 Å². The minimum absolute atomic E-state index is 0.141. The maximum atomic E-state index is 11.2. The molecule has 2 N–H and O–H groups in total. The van der Waals surface area contributed by atoms with E-state index in [1.54, 1.807) is 24.3 Å². The van der Waals surface area contributed by atoms with Gasteiger partial charge in [0, 0.05) is 5.92 Å². The molecule has 1 aromatic carbocycles. The monoisotopic (exact) mass is 206 g/mol. The van der Waals surface area contributed by atoms with Crippen LogP contribution in [0.15, 0.2) is 30.3 Å². The molecule has 15 heavy (non-hydrogen) atoms. The molecule has 3 nitrogen and oxygen atoms in total. The number of carboxylic acids is 1. The zero-order valence-corrected chi connectivity index (χ0v) is 8.39. The topological polar surface area (TPSA) is 57.5 Å². The summed E-state index contributed by atoms with van der Waals surface area (Å²) in [5.74, 6) is -1.28. The number of carbonyl (C=O) groups is 1. The first kappa shape index (κ1) is 10.2. The predicted molar refractivity (Wildman–Crippen MR) is 55.3 cm³/mol. The molecule has 2 rings (SSSR count). The highest BCUT2D eigenvalue weighted by Gasteiger charge is 2.47. The van der Waals surface area contributed by atoms with Crippen molar-refractivity contribution in [1.82, 2.24) is 0 Å². The molecule has 0 aliphatic heterocycles. The van der Waals surface area contributed by atoms with Crippen LogP contribution in [-0.4, -0.2) is 16.2 Å². The van der Waals surface area contributed by atoms with E-state index in [0.29, 0.717) is 5.56 Å². The summed E-state index contributed by atoms with van der Waals surface area (Å²) < 4.78 is 0. The van der Waals surface area contributed by atoms with Gasteiger partial charge in [0.1, 0.15) is 0 Å². The highest BCUT2D eigenvalue weighted by atomic mass is 16.4. The molecule has 1 fully saturated rings. The maximum absolute atomic E-state index is 11.2. The average Bonchev–Trinajstić information content (AvgIpc) is 2.16. The van der Waals surface area contributed by atoms with Crippen molar-refractivity contribution in [3.63, 3.8) is 0 Å². The van der Waals surface area contributed by atoms with Crippen molar-refractivity contribution in [3.05, 3.63) is 35.9 Å². The van der Waals surface area contributed by atoms with Crippen molar-refractivity contribution in [2.75, 3.05) is 0 Å². The molecule has 0 radical (unpaired) electrons. The zero-order chi connectivity index (χ0) is 10.9. The van der Waals surface area contributed by atoms with Gasteiger partial charge in [0.05, 0.1) is 0 Å². The Bertz CT molecular complexity index is 356. The molecule has 0 aromatic heterocycles. The molecule has 0 unspecified atom stereocenters. The largest absolute Gasteiger partial charge is 0.479 e. The lowest BCUT2D eigenvalue weighted by Crippen LogP contribution is -2.45. The predicted octanol–water partition coefficient (Wildman–Crippen LogP) is 1.76. The fraction of sp³-hybridized carbons (Fsp3) is 0.417. The molecule has 1 aromatic rings. The van der Waals surface area contributed by atoms with E-state index in [9.17, 15) is 15.0 Å². The van der Waals surface area contributed by atoms with Crippen LogP contribution in [-0.2, 0) is 10.4 Å². The van der Waals surface area contributed by atoms with Crippen molar-refractivity contribution in [1.29, 1.82) is 0 Å². The number of aliphatic carboxylic acids is 1. The quantitative estimate of drug-likeness (QED) is 0.792. The Labute approximate surface area is 88.4 Å². The normalized spacial score (nSPS) is 20.3. The first-order valence-corrected chi connectivity index (χ1v) is 5.17. The molecule has 0 amide bonds. The molecule has 1 aliphatic carbocycles. The molecule has 0 saturated heterocycles. The molecule has 80 valence electrons. The Kier molecular flexibility index (Phi) is 2.49. The van der Waals surface area contributed by atoms with Gasteiger partial charge in [-0.3, -0.25) is 0 Å². The van der Waals surface area contributed by atoms with Crippen LogP contribution in [0.25, 0.3) is 0 Å². The molecule has 0 bridgehead atoms. The van der Waals surface area contributed by atoms with Crippen molar-refractivity contribution >= 4 is 5.97 Å². The van der Waals surface area contributed by atoms with Crippen LogP contribution in [0, 0.1) is 5.92 Å². The van der Waals surface area contributed by atoms with E-state index in [2.05, 4.69) is 0 Å². The Morgan fingerprint density at radius 2 is 1.87 bits per heavy atom. The van der Waals surface area contributed by atoms with E-state index < -0.39 is 11.6 Å². The fourth-order valence-electron chi connectivity index (χ4n) is 2.05. The average molecular weight is 206 g/mol. The van der Waals surface area contributed by atoms with Crippen LogP contribution in [0.1, 0.15) is 24.8 Å². The lowest BCUT2D eigenvalue weighted by Gasteiger charge is -2.38. The smallest absolute Gasteiger partial charge is 0.340 e. The Hall–Kier alpha value is -1.35. The maximum Gasteiger partial charge on any atom is 0.340 e. The number of hydrogen-bond donors (Lipinski definition) is 2. The van der Waals surface area contributed by atoms with Crippen LogP contribution in [0.5, 0.6) is 0 Å². The van der Waals surface area contributed by atoms with Gasteiger partial charge in [0.15, 0.2) is 5.60 Å². The molecule has 1 saturated carbocycles. The van der Waals surface area contributed by atoms with E-state index in [1.165, 1.54) is 0 Å². The van der Waals surface area contributed by atoms with E-state index in [-0.39, 0.29) is 5.92 Å². The van der Waals surface area contributed by atoms with Gasteiger partial charge in [-0.25, -0.2) is 4.79 Å². The molecule has 1 atom stereocenters. The molecular formula is C12H14O3. The van der Waals surface area contributed by atoms with Gasteiger partial charge in [0.25, 0.3) is 0 Å². The summed E-state index contributed by atoms with van der Waals surface area (Å²) in [5.41, 5.74) is -1.21. The Morgan fingerprint density at radius 3 is 2.27 bits per heavy atom. The molecule has 0 spiro atoms. The number of aliphatic hydroxyl groups is 1. The SMILES string of the molecule is O=C(O)[C@@](O)(c1ccccc1)C1CCC1. The summed E-state index contributed by atoms with van der Waals surface area (Å²) in [5, 5.41) is 19.5. The van der Waals surface area contributed by atoms with Gasteiger partial charge in [-0.05, 0) is 18.4 Å². The van der Waals surface area contributed by atoms with Crippen LogP contribution in [0.2, 0.25) is 0 Å². The van der Waals surface area contributed by atoms with E-state index in [4.69, 9.17) is 0 Å². The Morgan fingerprint density at radius 1 is 1.27 bits per heavy atom. The van der Waals surface area contributed by atoms with Crippen LogP contribution < -0.4 is 0 Å².